The van der Waals surface area contributed by atoms with Crippen molar-refractivity contribution in [1.82, 2.24) is 0 Å². The van der Waals surface area contributed by atoms with Gasteiger partial charge in [-0.1, -0.05) is 0 Å². The van der Waals surface area contributed by atoms with Crippen molar-refractivity contribution in [3.8, 4) is 0 Å². The monoisotopic (exact) mass is 164 g/mol. The molecule has 0 bridgehead atoms. The molecule has 0 atom stereocenters. The fourth-order valence-corrected chi connectivity index (χ4v) is 0.690. The van der Waals surface area contributed by atoms with E-state index in [-0.39, 0.29) is 6.61 Å². The molecule has 1 aromatic heterocycles. The molecule has 56 valence electrons. The summed E-state index contributed by atoms with van der Waals surface area (Å²) in [5.41, 5.74) is 0. The van der Waals surface area contributed by atoms with Gasteiger partial charge in [-0.15, -0.1) is 0 Å². The normalized spacial score (nSPS) is 10.7. The minimum absolute atomic E-state index is 0.0550. The highest BCUT2D eigenvalue weighted by Crippen LogP contribution is 2.01. The molecule has 0 saturated heterocycles. The number of halogens is 1. The molecule has 0 N–H and O–H groups in total. The fraction of sp³-hybridized carbons (Fsp3) is 0.200. The molecule has 0 aromatic carbocycles. The first-order valence-corrected chi connectivity index (χ1v) is 3.43. The molecule has 0 fully saturated rings. The highest BCUT2D eigenvalue weighted by molar-refractivity contribution is 4.95. The number of hydrogen-bond donors (Lipinski definition) is 0. The Morgan fingerprint density at radius 1 is 1.60 bits per heavy atom. The zero-order chi connectivity index (χ0) is 7.40. The van der Waals surface area contributed by atoms with Crippen LogP contribution in [0.2, 0.25) is 0 Å². The van der Waals surface area contributed by atoms with Gasteiger partial charge < -0.3 is 13.7 Å². The average molecular weight is 165 g/mol. The van der Waals surface area contributed by atoms with Gasteiger partial charge in [0.15, 0.2) is 0 Å². The van der Waals surface area contributed by atoms with Crippen molar-refractivity contribution >= 4 is 0 Å². The Bertz CT molecular complexity index is 172. The van der Waals surface area contributed by atoms with Crippen LogP contribution < -0.4 is 9.32 Å². The Balaban J connectivity index is 2.28. The van der Waals surface area contributed by atoms with Crippen LogP contribution in [-0.4, -0.2) is 0 Å². The molecule has 1 aromatic rings. The predicted molar refractivity (Wildman–Crippen MR) is 23.5 cm³/mol. The summed E-state index contributed by atoms with van der Waals surface area (Å²) in [6, 6.07) is 3.28. The Morgan fingerprint density at radius 3 is 2.90 bits per heavy atom. The molecular formula is C5H5ClO4. The average Bonchev–Trinajstić information content (AvgIpc) is 2.34. The Morgan fingerprint density at radius 2 is 2.40 bits per heavy atom. The first kappa shape index (κ1) is 7.56. The van der Waals surface area contributed by atoms with Gasteiger partial charge in [0.25, 0.3) is 10.8 Å². The van der Waals surface area contributed by atoms with Gasteiger partial charge in [-0.25, -0.2) is 0 Å². The van der Waals surface area contributed by atoms with Crippen molar-refractivity contribution in [3.63, 3.8) is 0 Å². The maximum Gasteiger partial charge on any atom is 0.286 e. The second-order valence-corrected chi connectivity index (χ2v) is 2.12. The van der Waals surface area contributed by atoms with Crippen LogP contribution in [0.15, 0.2) is 22.8 Å². The molecular weight excluding hydrogens is 160 g/mol. The molecule has 0 amide bonds. The van der Waals surface area contributed by atoms with E-state index in [0.29, 0.717) is 5.76 Å². The zero-order valence-corrected chi connectivity index (χ0v) is 5.71. The van der Waals surface area contributed by atoms with Gasteiger partial charge in [-0.3, -0.25) is 0 Å². The summed E-state index contributed by atoms with van der Waals surface area (Å²) in [6.07, 6.45) is 1.45. The standard InChI is InChI=1S/C5H5ClO4/c7-6(8)10-4-5-2-1-3-9-5/h1-3H,4H2. The Labute approximate surface area is 60.4 Å². The number of hydrogen-bond acceptors (Lipinski definition) is 4. The van der Waals surface area contributed by atoms with Gasteiger partial charge in [-0.05, 0) is 12.1 Å². The van der Waals surface area contributed by atoms with Crippen LogP contribution in [0.5, 0.6) is 0 Å². The second kappa shape index (κ2) is 3.58. The lowest BCUT2D eigenvalue weighted by atomic mass is 10.5. The van der Waals surface area contributed by atoms with Crippen molar-refractivity contribution in [2.45, 2.75) is 6.61 Å². The molecule has 0 aliphatic rings. The summed E-state index contributed by atoms with van der Waals surface area (Å²) in [4.78, 5) is 0. The molecule has 4 nitrogen and oxygen atoms in total. The number of rotatable bonds is 3. The summed E-state index contributed by atoms with van der Waals surface area (Å²) < 4.78 is 28.5. The maximum absolute atomic E-state index is 9.79. The van der Waals surface area contributed by atoms with E-state index in [1.165, 1.54) is 6.26 Å². The zero-order valence-electron chi connectivity index (χ0n) is 4.95. The minimum atomic E-state index is -2.16. The summed E-state index contributed by atoms with van der Waals surface area (Å²) in [7, 11) is -2.16. The topological polar surface area (TPSA) is 68.5 Å². The first-order chi connectivity index (χ1) is 4.79. The van der Waals surface area contributed by atoms with Crippen LogP contribution in [0.25, 0.3) is 0 Å². The van der Waals surface area contributed by atoms with Crippen molar-refractivity contribution in [2.75, 3.05) is 0 Å². The Kier molecular flexibility index (Phi) is 2.70. The smallest absolute Gasteiger partial charge is 0.286 e. The molecule has 0 spiro atoms. The van der Waals surface area contributed by atoms with Gasteiger partial charge in [0.05, 0.1) is 6.26 Å². The molecule has 10 heavy (non-hydrogen) atoms. The minimum Gasteiger partial charge on any atom is -0.466 e. The summed E-state index contributed by atoms with van der Waals surface area (Å²) in [6.45, 7) is -0.0550. The highest BCUT2D eigenvalue weighted by atomic mass is 35.6. The van der Waals surface area contributed by atoms with Gasteiger partial charge in [0.2, 0.25) is 6.61 Å². The van der Waals surface area contributed by atoms with Crippen molar-refractivity contribution in [1.29, 1.82) is 0 Å². The van der Waals surface area contributed by atoms with Crippen molar-refractivity contribution in [2.24, 2.45) is 0 Å². The van der Waals surface area contributed by atoms with Crippen LogP contribution in [0.4, 0.5) is 0 Å². The van der Waals surface area contributed by atoms with Crippen LogP contribution >= 0.6 is 0 Å². The van der Waals surface area contributed by atoms with Crippen molar-refractivity contribution in [3.05, 3.63) is 24.2 Å². The van der Waals surface area contributed by atoms with Gasteiger partial charge in [0.1, 0.15) is 5.76 Å². The van der Waals surface area contributed by atoms with E-state index in [4.69, 9.17) is 4.42 Å². The molecule has 0 aliphatic heterocycles. The quantitative estimate of drug-likeness (QED) is 0.568. The highest BCUT2D eigenvalue weighted by Gasteiger charge is 2.08. The second-order valence-electron chi connectivity index (χ2n) is 1.52. The van der Waals surface area contributed by atoms with E-state index < -0.39 is 10.8 Å². The molecule has 5 heteroatoms. The van der Waals surface area contributed by atoms with Gasteiger partial charge in [0, 0.05) is 4.29 Å². The summed E-state index contributed by atoms with van der Waals surface area (Å²) in [5, 5.41) is 0. The van der Waals surface area contributed by atoms with E-state index in [9.17, 15) is 9.32 Å². The van der Waals surface area contributed by atoms with Gasteiger partial charge >= 0.3 is 0 Å². The van der Waals surface area contributed by atoms with Crippen molar-refractivity contribution < 1.29 is 28.8 Å². The van der Waals surface area contributed by atoms with E-state index in [0.717, 1.165) is 0 Å². The van der Waals surface area contributed by atoms with E-state index in [1.807, 2.05) is 0 Å². The van der Waals surface area contributed by atoms with Crippen LogP contribution in [0, 0.1) is 10.8 Å². The molecule has 0 unspecified atom stereocenters. The van der Waals surface area contributed by atoms with Gasteiger partial charge in [-0.2, -0.15) is 0 Å². The largest absolute Gasteiger partial charge is 0.466 e. The lowest BCUT2D eigenvalue weighted by Gasteiger charge is -1.90. The third-order valence-electron chi connectivity index (χ3n) is 0.866. The molecule has 0 radical (unpaired) electrons. The van der Waals surface area contributed by atoms with E-state index in [2.05, 4.69) is 4.29 Å². The fourth-order valence-electron chi connectivity index (χ4n) is 0.493. The molecule has 1 rings (SSSR count). The third kappa shape index (κ3) is 2.36. The lowest BCUT2D eigenvalue weighted by molar-refractivity contribution is -1.63. The SMILES string of the molecule is [O-][Cl+2]([O-])OCc1ccco1. The van der Waals surface area contributed by atoms with Crippen LogP contribution in [-0.2, 0) is 10.9 Å². The third-order valence-corrected chi connectivity index (χ3v) is 1.15. The molecule has 0 saturated carbocycles. The number of furan rings is 1. The molecule has 0 aliphatic carbocycles. The lowest BCUT2D eigenvalue weighted by Crippen LogP contribution is -2.33. The molecule has 1 heterocycles. The van der Waals surface area contributed by atoms with E-state index in [1.54, 1.807) is 12.1 Å². The summed E-state index contributed by atoms with van der Waals surface area (Å²) >= 11 is 0. The van der Waals surface area contributed by atoms with E-state index >= 15 is 0 Å². The van der Waals surface area contributed by atoms with Crippen LogP contribution in [0.3, 0.4) is 0 Å². The summed E-state index contributed by atoms with van der Waals surface area (Å²) in [5.74, 6) is 0.481. The first-order valence-electron chi connectivity index (χ1n) is 2.50. The maximum atomic E-state index is 9.79. The predicted octanol–water partition coefficient (Wildman–Crippen LogP) is -1.12. The van der Waals surface area contributed by atoms with Crippen LogP contribution in [0.1, 0.15) is 5.76 Å². The Hall–Kier alpha value is -0.550.